The molecular formula is C59H92O6. The van der Waals surface area contributed by atoms with Gasteiger partial charge in [0.15, 0.2) is 6.10 Å². The van der Waals surface area contributed by atoms with Crippen LogP contribution in [0.2, 0.25) is 0 Å². The number of ether oxygens (including phenoxy) is 3. The minimum atomic E-state index is -0.833. The zero-order valence-corrected chi connectivity index (χ0v) is 41.4. The highest BCUT2D eigenvalue weighted by Crippen LogP contribution is 2.11. The smallest absolute Gasteiger partial charge is 0.306 e. The van der Waals surface area contributed by atoms with E-state index in [0.29, 0.717) is 19.3 Å². The minimum absolute atomic E-state index is 0.124. The molecule has 6 nitrogen and oxygen atoms in total. The van der Waals surface area contributed by atoms with Gasteiger partial charge in [0.2, 0.25) is 0 Å². The van der Waals surface area contributed by atoms with E-state index >= 15 is 0 Å². The van der Waals surface area contributed by atoms with Crippen molar-refractivity contribution in [3.8, 4) is 0 Å². The van der Waals surface area contributed by atoms with E-state index in [1.165, 1.54) is 32.1 Å². The molecule has 0 aromatic heterocycles. The summed E-state index contributed by atoms with van der Waals surface area (Å²) in [6, 6.07) is 0. The van der Waals surface area contributed by atoms with E-state index in [1.807, 2.05) is 12.2 Å². The lowest BCUT2D eigenvalue weighted by Crippen LogP contribution is -2.30. The molecule has 6 heteroatoms. The molecule has 0 aromatic rings. The van der Waals surface area contributed by atoms with Gasteiger partial charge in [0.25, 0.3) is 0 Å². The number of unbranched alkanes of at least 4 members (excludes halogenated alkanes) is 11. The van der Waals surface area contributed by atoms with Crippen molar-refractivity contribution in [3.63, 3.8) is 0 Å². The number of hydrogen-bond donors (Lipinski definition) is 0. The Kier molecular flexibility index (Phi) is 48.6. The van der Waals surface area contributed by atoms with Gasteiger partial charge in [-0.05, 0) is 122 Å². The van der Waals surface area contributed by atoms with Crippen molar-refractivity contribution < 1.29 is 28.6 Å². The summed E-state index contributed by atoms with van der Waals surface area (Å²) in [6.45, 7) is 6.26. The second-order valence-corrected chi connectivity index (χ2v) is 16.3. The Morgan fingerprint density at radius 3 is 1.06 bits per heavy atom. The van der Waals surface area contributed by atoms with Crippen LogP contribution in [-0.4, -0.2) is 37.2 Å². The summed E-state index contributed by atoms with van der Waals surface area (Å²) in [7, 11) is 0. The predicted molar refractivity (Wildman–Crippen MR) is 279 cm³/mol. The zero-order chi connectivity index (χ0) is 47.2. The van der Waals surface area contributed by atoms with Crippen LogP contribution in [0.25, 0.3) is 0 Å². The fraction of sp³-hybridized carbons (Fsp3) is 0.576. The van der Waals surface area contributed by atoms with Crippen LogP contribution in [0.5, 0.6) is 0 Å². The van der Waals surface area contributed by atoms with Gasteiger partial charge >= 0.3 is 17.9 Å². The van der Waals surface area contributed by atoms with Crippen LogP contribution in [0.15, 0.2) is 134 Å². The lowest BCUT2D eigenvalue weighted by Gasteiger charge is -2.18. The van der Waals surface area contributed by atoms with Gasteiger partial charge in [-0.15, -0.1) is 0 Å². The third-order valence-corrected chi connectivity index (χ3v) is 10.1. The van der Waals surface area contributed by atoms with E-state index < -0.39 is 6.10 Å². The highest BCUT2D eigenvalue weighted by molar-refractivity contribution is 5.71. The van der Waals surface area contributed by atoms with Crippen molar-refractivity contribution >= 4 is 17.9 Å². The Morgan fingerprint density at radius 1 is 0.323 bits per heavy atom. The second-order valence-electron chi connectivity index (χ2n) is 16.3. The van der Waals surface area contributed by atoms with Crippen LogP contribution in [0.3, 0.4) is 0 Å². The summed E-state index contributed by atoms with van der Waals surface area (Å²) in [5.74, 6) is -1.06. The first kappa shape index (κ1) is 60.5. The van der Waals surface area contributed by atoms with Gasteiger partial charge in [0.1, 0.15) is 13.2 Å². The number of allylic oxidation sites excluding steroid dienone is 22. The molecule has 0 radical (unpaired) electrons. The largest absolute Gasteiger partial charge is 0.462 e. The van der Waals surface area contributed by atoms with Gasteiger partial charge in [-0.2, -0.15) is 0 Å². The molecular weight excluding hydrogens is 805 g/mol. The van der Waals surface area contributed by atoms with E-state index in [9.17, 15) is 14.4 Å². The molecule has 0 aliphatic heterocycles. The Hall–Kier alpha value is -4.45. The van der Waals surface area contributed by atoms with E-state index in [2.05, 4.69) is 142 Å². The van der Waals surface area contributed by atoms with Gasteiger partial charge < -0.3 is 14.2 Å². The molecule has 0 fully saturated rings. The zero-order valence-electron chi connectivity index (χ0n) is 41.4. The van der Waals surface area contributed by atoms with Crippen LogP contribution in [0, 0.1) is 0 Å². The summed E-state index contributed by atoms with van der Waals surface area (Å²) < 4.78 is 16.7. The molecule has 65 heavy (non-hydrogen) atoms. The highest BCUT2D eigenvalue weighted by atomic mass is 16.6. The molecule has 0 heterocycles. The maximum atomic E-state index is 12.8. The standard InChI is InChI=1S/C59H92O6/c1-4-7-10-13-16-19-22-25-27-29-30-31-33-34-37-40-43-46-49-52-58(61)64-55-56(54-63-57(60)51-48-45-42-39-36-24-21-18-15-12-9-6-3)65-59(62)53-50-47-44-41-38-35-32-28-26-23-20-17-14-11-8-5-2/h7-8,10-11,16-21,25-28,30-31,34-35,37-38,43,46,56H,4-6,9,12-15,22-24,29,32-33,36,39-42,44-45,47-55H2,1-3H3/b10-7-,11-8-,19-16-,20-17-,21-18-,27-25-,28-26-,31-30-,37-34-,38-35-,46-43-. The van der Waals surface area contributed by atoms with Gasteiger partial charge in [-0.1, -0.05) is 193 Å². The molecule has 0 aliphatic carbocycles. The van der Waals surface area contributed by atoms with Crippen molar-refractivity contribution in [2.45, 2.75) is 207 Å². The van der Waals surface area contributed by atoms with Crippen LogP contribution in [0.4, 0.5) is 0 Å². The summed E-state index contributed by atoms with van der Waals surface area (Å²) in [6.07, 6.45) is 73.0. The number of carbonyl (C=O) groups is 3. The maximum absolute atomic E-state index is 12.8. The summed E-state index contributed by atoms with van der Waals surface area (Å²) in [4.78, 5) is 37.9. The lowest BCUT2D eigenvalue weighted by atomic mass is 10.1. The van der Waals surface area contributed by atoms with E-state index in [0.717, 1.165) is 116 Å². The summed E-state index contributed by atoms with van der Waals surface area (Å²) in [5, 5.41) is 0. The fourth-order valence-electron chi connectivity index (χ4n) is 6.33. The molecule has 0 saturated heterocycles. The lowest BCUT2D eigenvalue weighted by molar-refractivity contribution is -0.166. The number of esters is 3. The third-order valence-electron chi connectivity index (χ3n) is 10.1. The van der Waals surface area contributed by atoms with Crippen molar-refractivity contribution in [2.75, 3.05) is 13.2 Å². The fourth-order valence-corrected chi connectivity index (χ4v) is 6.33. The quantitative estimate of drug-likeness (QED) is 0.0262. The Labute approximate surface area is 398 Å². The molecule has 0 bridgehead atoms. The summed E-state index contributed by atoms with van der Waals surface area (Å²) >= 11 is 0. The average molecular weight is 897 g/mol. The van der Waals surface area contributed by atoms with E-state index in [-0.39, 0.29) is 44.0 Å². The molecule has 364 valence electrons. The van der Waals surface area contributed by atoms with Gasteiger partial charge in [-0.25, -0.2) is 0 Å². The monoisotopic (exact) mass is 897 g/mol. The second kappa shape index (κ2) is 52.2. The van der Waals surface area contributed by atoms with Crippen molar-refractivity contribution in [1.29, 1.82) is 0 Å². The highest BCUT2D eigenvalue weighted by Gasteiger charge is 2.19. The molecule has 1 unspecified atom stereocenters. The number of carbonyl (C=O) groups excluding carboxylic acids is 3. The molecule has 1 atom stereocenters. The molecule has 0 aliphatic rings. The Morgan fingerprint density at radius 2 is 0.631 bits per heavy atom. The Bertz CT molecular complexity index is 1450. The topological polar surface area (TPSA) is 78.9 Å². The van der Waals surface area contributed by atoms with Gasteiger partial charge in [0.05, 0.1) is 0 Å². The van der Waals surface area contributed by atoms with Crippen LogP contribution in [0.1, 0.15) is 201 Å². The first-order chi connectivity index (χ1) is 32.0. The van der Waals surface area contributed by atoms with Crippen molar-refractivity contribution in [2.24, 2.45) is 0 Å². The van der Waals surface area contributed by atoms with Crippen LogP contribution in [-0.2, 0) is 28.6 Å². The molecule has 0 amide bonds. The van der Waals surface area contributed by atoms with Crippen molar-refractivity contribution in [3.05, 3.63) is 134 Å². The maximum Gasteiger partial charge on any atom is 0.306 e. The first-order valence-electron chi connectivity index (χ1n) is 25.7. The SMILES string of the molecule is CC/C=C\C/C=C\C/C=C\C/C=C\C/C=C\C/C=C\CCC(=O)OCC(COC(=O)CCCCCCC/C=C\CCCCC)OC(=O)CCCCC/C=C\C/C=C\C/C=C\C/C=C\CC. The molecule has 0 saturated carbocycles. The van der Waals surface area contributed by atoms with Crippen LogP contribution < -0.4 is 0 Å². The molecule has 0 N–H and O–H groups in total. The van der Waals surface area contributed by atoms with E-state index in [1.54, 1.807) is 0 Å². The van der Waals surface area contributed by atoms with Crippen LogP contribution >= 0.6 is 0 Å². The molecule has 0 rings (SSSR count). The van der Waals surface area contributed by atoms with E-state index in [4.69, 9.17) is 14.2 Å². The van der Waals surface area contributed by atoms with Gasteiger partial charge in [0, 0.05) is 19.3 Å². The predicted octanol–water partition coefficient (Wildman–Crippen LogP) is 17.1. The van der Waals surface area contributed by atoms with Gasteiger partial charge in [-0.3, -0.25) is 14.4 Å². The summed E-state index contributed by atoms with van der Waals surface area (Å²) in [5.41, 5.74) is 0. The Balaban J connectivity index is 4.59. The molecule has 0 aromatic carbocycles. The minimum Gasteiger partial charge on any atom is -0.462 e. The normalized spacial score (nSPS) is 13.2. The first-order valence-corrected chi connectivity index (χ1v) is 25.7. The molecule has 0 spiro atoms. The van der Waals surface area contributed by atoms with Crippen molar-refractivity contribution in [1.82, 2.24) is 0 Å². The third kappa shape index (κ3) is 50.4. The number of hydrogen-bond acceptors (Lipinski definition) is 6. The number of rotatable bonds is 44. The average Bonchev–Trinajstić information content (AvgIpc) is 3.30.